The Morgan fingerprint density at radius 1 is 1.00 bits per heavy atom. The lowest BCUT2D eigenvalue weighted by Crippen LogP contribution is -1.86. The molecule has 2 aromatic heterocycles. The molecule has 0 atom stereocenters. The first kappa shape index (κ1) is 15.1. The monoisotopic (exact) mass is 284 g/mol. The highest BCUT2D eigenvalue weighted by atomic mass is 35.5. The lowest BCUT2D eigenvalue weighted by atomic mass is 10.4. The summed E-state index contributed by atoms with van der Waals surface area (Å²) in [5, 5.41) is 0.0615. The second kappa shape index (κ2) is 8.20. The van der Waals surface area contributed by atoms with Gasteiger partial charge in [-0.1, -0.05) is 13.0 Å². The van der Waals surface area contributed by atoms with Gasteiger partial charge in [0, 0.05) is 0 Å². The van der Waals surface area contributed by atoms with Gasteiger partial charge in [0.15, 0.2) is 17.5 Å². The molecule has 0 saturated heterocycles. The molecule has 4 nitrogen and oxygen atoms in total. The van der Waals surface area contributed by atoms with Gasteiger partial charge in [-0.15, -0.1) is 0 Å². The predicted octanol–water partition coefficient (Wildman–Crippen LogP) is 3.31. The van der Waals surface area contributed by atoms with E-state index in [1.54, 1.807) is 6.08 Å². The van der Waals surface area contributed by atoms with Gasteiger partial charge in [-0.3, -0.25) is 0 Å². The van der Waals surface area contributed by atoms with Crippen molar-refractivity contribution in [2.24, 2.45) is 0 Å². The van der Waals surface area contributed by atoms with E-state index in [1.807, 2.05) is 13.0 Å². The second-order valence-corrected chi connectivity index (χ2v) is 3.58. The van der Waals surface area contributed by atoms with E-state index in [2.05, 4.69) is 19.9 Å². The van der Waals surface area contributed by atoms with E-state index in [9.17, 15) is 8.78 Å². The smallest absolute Gasteiger partial charge is 0.222 e. The summed E-state index contributed by atoms with van der Waals surface area (Å²) in [4.78, 5) is 14.2. The van der Waals surface area contributed by atoms with E-state index >= 15 is 0 Å². The zero-order chi connectivity index (χ0) is 14.1. The largest absolute Gasteiger partial charge is 0.234 e. The quantitative estimate of drug-likeness (QED) is 0.794. The van der Waals surface area contributed by atoms with Crippen molar-refractivity contribution in [2.75, 3.05) is 0 Å². The molecule has 19 heavy (non-hydrogen) atoms. The number of aromatic nitrogens is 4. The van der Waals surface area contributed by atoms with Crippen molar-refractivity contribution in [3.8, 4) is 0 Å². The lowest BCUT2D eigenvalue weighted by molar-refractivity contribution is 0.612. The van der Waals surface area contributed by atoms with Gasteiger partial charge in [-0.25, -0.2) is 28.7 Å². The third-order valence-corrected chi connectivity index (χ3v) is 1.93. The average Bonchev–Trinajstić information content (AvgIpc) is 2.42. The fraction of sp³-hybridized carbons (Fsp3) is 0.167. The molecular weight excluding hydrogens is 274 g/mol. The molecule has 0 aliphatic heterocycles. The molecule has 0 aliphatic rings. The fourth-order valence-corrected chi connectivity index (χ4v) is 1.03. The fourth-order valence-electron chi connectivity index (χ4n) is 0.928. The summed E-state index contributed by atoms with van der Waals surface area (Å²) in [6, 6.07) is 0. The van der Waals surface area contributed by atoms with Crippen LogP contribution >= 0.6 is 11.6 Å². The number of allylic oxidation sites excluding steroid dienone is 1. The minimum absolute atomic E-state index is 0.0615. The Morgan fingerprint density at radius 2 is 1.47 bits per heavy atom. The molecule has 7 heteroatoms. The molecular formula is C12H11ClF2N4. The molecule has 0 spiro atoms. The van der Waals surface area contributed by atoms with Crippen LogP contribution in [0.15, 0.2) is 30.9 Å². The van der Waals surface area contributed by atoms with Crippen molar-refractivity contribution in [1.29, 1.82) is 0 Å². The number of hydrogen-bond acceptors (Lipinski definition) is 4. The van der Waals surface area contributed by atoms with Gasteiger partial charge in [-0.05, 0) is 24.1 Å². The number of hydrogen-bond donors (Lipinski definition) is 0. The highest BCUT2D eigenvalue weighted by molar-refractivity contribution is 6.28. The van der Waals surface area contributed by atoms with Crippen molar-refractivity contribution >= 4 is 17.7 Å². The van der Waals surface area contributed by atoms with Crippen LogP contribution in [0.25, 0.3) is 6.08 Å². The molecule has 0 unspecified atom stereocenters. The molecule has 0 bridgehead atoms. The maximum atomic E-state index is 12.3. The van der Waals surface area contributed by atoms with Crippen LogP contribution in [-0.4, -0.2) is 19.9 Å². The topological polar surface area (TPSA) is 51.6 Å². The van der Waals surface area contributed by atoms with Gasteiger partial charge in [-0.2, -0.15) is 0 Å². The zero-order valence-electron chi connectivity index (χ0n) is 10.1. The Labute approximate surface area is 114 Å². The maximum absolute atomic E-state index is 12.3. The van der Waals surface area contributed by atoms with E-state index in [4.69, 9.17) is 11.6 Å². The van der Waals surface area contributed by atoms with Gasteiger partial charge in [0.1, 0.15) is 0 Å². The molecule has 0 fully saturated rings. The zero-order valence-corrected chi connectivity index (χ0v) is 10.8. The SMILES string of the molecule is CC/C=C/c1ncc(F)cn1.Fc1cnc(Cl)nc1. The Balaban J connectivity index is 0.000000200. The first-order valence-corrected chi connectivity index (χ1v) is 5.76. The minimum Gasteiger partial charge on any atom is -0.234 e. The summed E-state index contributed by atoms with van der Waals surface area (Å²) in [6.07, 6.45) is 8.95. The van der Waals surface area contributed by atoms with Crippen LogP contribution in [0, 0.1) is 11.6 Å². The van der Waals surface area contributed by atoms with Crippen molar-refractivity contribution in [1.82, 2.24) is 19.9 Å². The van der Waals surface area contributed by atoms with Crippen LogP contribution in [0.5, 0.6) is 0 Å². The van der Waals surface area contributed by atoms with Gasteiger partial charge >= 0.3 is 0 Å². The minimum atomic E-state index is -0.477. The van der Waals surface area contributed by atoms with Crippen LogP contribution in [0.2, 0.25) is 5.28 Å². The summed E-state index contributed by atoms with van der Waals surface area (Å²) >= 11 is 5.22. The first-order chi connectivity index (χ1) is 9.11. The molecule has 2 aromatic rings. The number of rotatable bonds is 2. The molecule has 2 heterocycles. The first-order valence-electron chi connectivity index (χ1n) is 5.39. The molecule has 0 N–H and O–H groups in total. The van der Waals surface area contributed by atoms with E-state index in [0.29, 0.717) is 5.82 Å². The normalized spacial score (nSPS) is 10.1. The molecule has 2 rings (SSSR count). The van der Waals surface area contributed by atoms with Crippen molar-refractivity contribution < 1.29 is 8.78 Å². The molecule has 0 aliphatic carbocycles. The third kappa shape index (κ3) is 6.52. The van der Waals surface area contributed by atoms with Crippen LogP contribution in [-0.2, 0) is 0 Å². The van der Waals surface area contributed by atoms with Gasteiger partial charge in [0.05, 0.1) is 24.8 Å². The molecule has 0 aromatic carbocycles. The van der Waals surface area contributed by atoms with E-state index in [1.165, 1.54) is 0 Å². The molecule has 100 valence electrons. The lowest BCUT2D eigenvalue weighted by Gasteiger charge is -1.89. The number of nitrogens with zero attached hydrogens (tertiary/aromatic N) is 4. The Hall–Kier alpha value is -1.95. The highest BCUT2D eigenvalue weighted by Gasteiger charge is 1.90. The summed E-state index contributed by atoms with van der Waals surface area (Å²) in [5.74, 6) is -0.332. The van der Waals surface area contributed by atoms with E-state index in [-0.39, 0.29) is 5.28 Å². The van der Waals surface area contributed by atoms with Crippen LogP contribution in [0.4, 0.5) is 8.78 Å². The Bertz CT molecular complexity index is 493. The standard InChI is InChI=1S/C8H9FN2.C4H2ClFN2/c1-2-3-4-8-10-5-7(9)6-11-8;5-4-7-1-3(6)2-8-4/h3-6H,2H2,1H3;1-2H/b4-3+;. The number of halogens is 3. The molecule has 0 radical (unpaired) electrons. The average molecular weight is 285 g/mol. The Morgan fingerprint density at radius 3 is 1.89 bits per heavy atom. The summed E-state index contributed by atoms with van der Waals surface area (Å²) in [7, 11) is 0. The third-order valence-electron chi connectivity index (χ3n) is 1.73. The predicted molar refractivity (Wildman–Crippen MR) is 68.3 cm³/mol. The molecule has 0 saturated carbocycles. The molecule has 0 amide bonds. The van der Waals surface area contributed by atoms with Crippen molar-refractivity contribution in [3.63, 3.8) is 0 Å². The Kier molecular flexibility index (Phi) is 6.52. The summed E-state index contributed by atoms with van der Waals surface area (Å²) in [5.41, 5.74) is 0. The van der Waals surface area contributed by atoms with Crippen LogP contribution < -0.4 is 0 Å². The highest BCUT2D eigenvalue weighted by Crippen LogP contribution is 1.97. The van der Waals surface area contributed by atoms with Crippen LogP contribution in [0.3, 0.4) is 0 Å². The van der Waals surface area contributed by atoms with E-state index in [0.717, 1.165) is 31.2 Å². The van der Waals surface area contributed by atoms with Gasteiger partial charge < -0.3 is 0 Å². The van der Waals surface area contributed by atoms with Gasteiger partial charge in [0.25, 0.3) is 0 Å². The van der Waals surface area contributed by atoms with Gasteiger partial charge in [0.2, 0.25) is 5.28 Å². The van der Waals surface area contributed by atoms with E-state index < -0.39 is 11.6 Å². The second-order valence-electron chi connectivity index (χ2n) is 3.24. The van der Waals surface area contributed by atoms with Crippen LogP contribution in [0.1, 0.15) is 19.2 Å². The summed E-state index contributed by atoms with van der Waals surface area (Å²) in [6.45, 7) is 2.01. The van der Waals surface area contributed by atoms with Crippen molar-refractivity contribution in [3.05, 3.63) is 53.6 Å². The maximum Gasteiger partial charge on any atom is 0.222 e. The summed E-state index contributed by atoms with van der Waals surface area (Å²) < 4.78 is 24.2. The van der Waals surface area contributed by atoms with Crippen molar-refractivity contribution in [2.45, 2.75) is 13.3 Å².